The molecule has 0 saturated carbocycles. The van der Waals surface area contributed by atoms with Crippen LogP contribution in [-0.2, 0) is 22.2 Å². The highest BCUT2D eigenvalue weighted by atomic mass is 32.2. The summed E-state index contributed by atoms with van der Waals surface area (Å²) in [5, 5.41) is 8.38. The summed E-state index contributed by atoms with van der Waals surface area (Å²) < 4.78 is 25.9. The van der Waals surface area contributed by atoms with Gasteiger partial charge in [0.25, 0.3) is 0 Å². The summed E-state index contributed by atoms with van der Waals surface area (Å²) in [6.07, 6.45) is 2.12. The summed E-state index contributed by atoms with van der Waals surface area (Å²) in [6, 6.07) is 0. The molecule has 1 heterocycles. The maximum absolute atomic E-state index is 10.7. The molecule has 0 saturated heterocycles. The van der Waals surface area contributed by atoms with E-state index in [0.29, 0.717) is 12.1 Å². The molecule has 5 nitrogen and oxygen atoms in total. The molecule has 6 heteroatoms. The molecule has 2 N–H and O–H groups in total. The van der Waals surface area contributed by atoms with Crippen molar-refractivity contribution < 1.29 is 12.9 Å². The largest absolute Gasteiger partial charge is 0.364 e. The SMILES string of the molecule is CCc1conc1CS(N)(=O)=O. The summed E-state index contributed by atoms with van der Waals surface area (Å²) in [5.74, 6) is -0.257. The van der Waals surface area contributed by atoms with Crippen molar-refractivity contribution in [2.24, 2.45) is 5.14 Å². The van der Waals surface area contributed by atoms with Gasteiger partial charge in [0.15, 0.2) is 0 Å². The Kier molecular flexibility index (Phi) is 2.49. The zero-order valence-electron chi connectivity index (χ0n) is 6.65. The molecule has 0 radical (unpaired) electrons. The molecule has 0 aliphatic heterocycles. The van der Waals surface area contributed by atoms with Crippen molar-refractivity contribution in [1.29, 1.82) is 0 Å². The number of aryl methyl sites for hydroxylation is 1. The molecule has 1 rings (SSSR count). The van der Waals surface area contributed by atoms with Gasteiger partial charge in [-0.25, -0.2) is 13.6 Å². The van der Waals surface area contributed by atoms with Gasteiger partial charge in [-0.05, 0) is 6.42 Å². The quantitative estimate of drug-likeness (QED) is 0.728. The van der Waals surface area contributed by atoms with Gasteiger partial charge in [0.1, 0.15) is 17.7 Å². The van der Waals surface area contributed by atoms with Crippen molar-refractivity contribution in [3.05, 3.63) is 17.5 Å². The molecule has 12 heavy (non-hydrogen) atoms. The summed E-state index contributed by atoms with van der Waals surface area (Å²) >= 11 is 0. The van der Waals surface area contributed by atoms with E-state index >= 15 is 0 Å². The molecule has 0 spiro atoms. The van der Waals surface area contributed by atoms with Crippen LogP contribution in [0.15, 0.2) is 10.8 Å². The first-order valence-electron chi connectivity index (χ1n) is 3.45. The highest BCUT2D eigenvalue weighted by Gasteiger charge is 2.12. The highest BCUT2D eigenvalue weighted by Crippen LogP contribution is 2.09. The Morgan fingerprint density at radius 1 is 1.67 bits per heavy atom. The Bertz CT molecular complexity index is 355. The first kappa shape index (κ1) is 9.21. The number of nitrogens with two attached hydrogens (primary N) is 1. The molecule has 0 aliphatic carbocycles. The molecular formula is C6H10N2O3S. The molecule has 0 fully saturated rings. The zero-order chi connectivity index (χ0) is 9.19. The second kappa shape index (κ2) is 3.24. The number of hydrogen-bond acceptors (Lipinski definition) is 4. The molecule has 1 aromatic rings. The average molecular weight is 190 g/mol. The minimum absolute atomic E-state index is 0.257. The van der Waals surface area contributed by atoms with Crippen molar-refractivity contribution in [1.82, 2.24) is 5.16 Å². The fraction of sp³-hybridized carbons (Fsp3) is 0.500. The number of hydrogen-bond donors (Lipinski definition) is 1. The van der Waals surface area contributed by atoms with E-state index in [0.717, 1.165) is 5.56 Å². The number of aromatic nitrogens is 1. The third kappa shape index (κ3) is 2.31. The smallest absolute Gasteiger partial charge is 0.214 e. The van der Waals surface area contributed by atoms with Crippen LogP contribution in [0.2, 0.25) is 0 Å². The highest BCUT2D eigenvalue weighted by molar-refractivity contribution is 7.88. The van der Waals surface area contributed by atoms with E-state index in [1.807, 2.05) is 6.92 Å². The molecule has 0 bridgehead atoms. The van der Waals surface area contributed by atoms with Crippen molar-refractivity contribution in [2.75, 3.05) is 0 Å². The molecule has 68 valence electrons. The van der Waals surface area contributed by atoms with Crippen LogP contribution in [-0.4, -0.2) is 13.6 Å². The lowest BCUT2D eigenvalue weighted by molar-refractivity contribution is 0.413. The Hall–Kier alpha value is -0.880. The second-order valence-electron chi connectivity index (χ2n) is 2.45. The Labute approximate surface area is 70.6 Å². The van der Waals surface area contributed by atoms with E-state index in [1.54, 1.807) is 0 Å². The molecule has 0 aromatic carbocycles. The molecular weight excluding hydrogens is 180 g/mol. The molecule has 0 aliphatic rings. The lowest BCUT2D eigenvalue weighted by Gasteiger charge is -1.94. The minimum atomic E-state index is -3.50. The van der Waals surface area contributed by atoms with Gasteiger partial charge in [0, 0.05) is 5.56 Å². The normalized spacial score (nSPS) is 11.8. The Balaban J connectivity index is 2.89. The number of rotatable bonds is 3. The van der Waals surface area contributed by atoms with Crippen LogP contribution in [0, 0.1) is 0 Å². The van der Waals surface area contributed by atoms with Crippen LogP contribution in [0.25, 0.3) is 0 Å². The summed E-state index contributed by atoms with van der Waals surface area (Å²) in [5.41, 5.74) is 1.18. The van der Waals surface area contributed by atoms with Crippen LogP contribution in [0.4, 0.5) is 0 Å². The predicted octanol–water partition coefficient (Wildman–Crippen LogP) is 0.0255. The third-order valence-electron chi connectivity index (χ3n) is 1.45. The van der Waals surface area contributed by atoms with E-state index in [-0.39, 0.29) is 5.75 Å². The topological polar surface area (TPSA) is 86.2 Å². The van der Waals surface area contributed by atoms with Gasteiger partial charge in [-0.15, -0.1) is 0 Å². The van der Waals surface area contributed by atoms with Gasteiger partial charge in [-0.3, -0.25) is 0 Å². The molecule has 0 amide bonds. The maximum Gasteiger partial charge on any atom is 0.214 e. The fourth-order valence-electron chi connectivity index (χ4n) is 0.877. The third-order valence-corrected chi connectivity index (χ3v) is 2.12. The zero-order valence-corrected chi connectivity index (χ0v) is 7.47. The van der Waals surface area contributed by atoms with Crippen LogP contribution >= 0.6 is 0 Å². The molecule has 1 aromatic heterocycles. The van der Waals surface area contributed by atoms with E-state index in [2.05, 4.69) is 9.68 Å². The van der Waals surface area contributed by atoms with E-state index in [4.69, 9.17) is 5.14 Å². The number of sulfonamides is 1. The van der Waals surface area contributed by atoms with Crippen LogP contribution in [0.3, 0.4) is 0 Å². The van der Waals surface area contributed by atoms with E-state index < -0.39 is 10.0 Å². The lowest BCUT2D eigenvalue weighted by Crippen LogP contribution is -2.15. The molecule has 0 unspecified atom stereocenters. The average Bonchev–Trinajstić information content (AvgIpc) is 2.31. The number of nitrogens with zero attached hydrogens (tertiary/aromatic N) is 1. The maximum atomic E-state index is 10.7. The van der Waals surface area contributed by atoms with Gasteiger partial charge in [0.2, 0.25) is 10.0 Å². The van der Waals surface area contributed by atoms with Gasteiger partial charge < -0.3 is 4.52 Å². The van der Waals surface area contributed by atoms with Gasteiger partial charge >= 0.3 is 0 Å². The summed E-state index contributed by atoms with van der Waals surface area (Å²) in [7, 11) is -3.50. The summed E-state index contributed by atoms with van der Waals surface area (Å²) in [6.45, 7) is 1.89. The van der Waals surface area contributed by atoms with Gasteiger partial charge in [-0.1, -0.05) is 12.1 Å². The first-order valence-corrected chi connectivity index (χ1v) is 5.17. The first-order chi connectivity index (χ1) is 5.53. The lowest BCUT2D eigenvalue weighted by atomic mass is 10.2. The van der Waals surface area contributed by atoms with Crippen molar-refractivity contribution >= 4 is 10.0 Å². The number of primary sulfonamides is 1. The van der Waals surface area contributed by atoms with Crippen LogP contribution in [0.5, 0.6) is 0 Å². The van der Waals surface area contributed by atoms with Crippen LogP contribution < -0.4 is 5.14 Å². The fourth-order valence-corrected chi connectivity index (χ4v) is 1.50. The van der Waals surface area contributed by atoms with Crippen molar-refractivity contribution in [3.8, 4) is 0 Å². The second-order valence-corrected chi connectivity index (χ2v) is 4.06. The van der Waals surface area contributed by atoms with Crippen molar-refractivity contribution in [3.63, 3.8) is 0 Å². The minimum Gasteiger partial charge on any atom is -0.364 e. The summed E-state index contributed by atoms with van der Waals surface area (Å²) in [4.78, 5) is 0. The van der Waals surface area contributed by atoms with Gasteiger partial charge in [0.05, 0.1) is 0 Å². The Morgan fingerprint density at radius 2 is 2.33 bits per heavy atom. The van der Waals surface area contributed by atoms with E-state index in [1.165, 1.54) is 6.26 Å². The standard InChI is InChI=1S/C6H10N2O3S/c1-2-5-3-11-8-6(5)4-12(7,9)10/h3H,2,4H2,1H3,(H2,7,9,10). The van der Waals surface area contributed by atoms with Crippen molar-refractivity contribution in [2.45, 2.75) is 19.1 Å². The van der Waals surface area contributed by atoms with Gasteiger partial charge in [-0.2, -0.15) is 0 Å². The van der Waals surface area contributed by atoms with E-state index in [9.17, 15) is 8.42 Å². The Morgan fingerprint density at radius 3 is 2.83 bits per heavy atom. The van der Waals surface area contributed by atoms with Crippen LogP contribution in [0.1, 0.15) is 18.2 Å². The predicted molar refractivity (Wildman–Crippen MR) is 42.7 cm³/mol. The molecule has 0 atom stereocenters. The monoisotopic (exact) mass is 190 g/mol.